The number of aliphatic hydroxyl groups excluding tert-OH is 1. The van der Waals surface area contributed by atoms with Gasteiger partial charge in [-0.3, -0.25) is 0 Å². The summed E-state index contributed by atoms with van der Waals surface area (Å²) < 4.78 is 14.1. The fourth-order valence-corrected chi connectivity index (χ4v) is 3.48. The van der Waals surface area contributed by atoms with Gasteiger partial charge in [-0.05, 0) is 61.3 Å². The second kappa shape index (κ2) is 6.16. The first-order valence-corrected chi connectivity index (χ1v) is 7.50. The van der Waals surface area contributed by atoms with E-state index in [0.29, 0.717) is 0 Å². The van der Waals surface area contributed by atoms with Crippen LogP contribution in [0.2, 0.25) is 0 Å². The first kappa shape index (κ1) is 14.0. The standard InChI is InChI=1S/C15H20BrFO/c1-2-10-3-4-15(18)12(5-10)6-11-7-13(16)9-14(17)8-11/h7-10,12,15,18H,2-6H2,1H3. The van der Waals surface area contributed by atoms with Crippen LogP contribution < -0.4 is 0 Å². The summed E-state index contributed by atoms with van der Waals surface area (Å²) in [6.45, 7) is 2.21. The minimum Gasteiger partial charge on any atom is -0.393 e. The molecule has 1 saturated carbocycles. The number of hydrogen-bond donors (Lipinski definition) is 1. The summed E-state index contributed by atoms with van der Waals surface area (Å²) >= 11 is 3.32. The van der Waals surface area contributed by atoms with E-state index in [4.69, 9.17) is 0 Å². The van der Waals surface area contributed by atoms with Gasteiger partial charge in [0.05, 0.1) is 6.10 Å². The maximum atomic E-state index is 13.3. The van der Waals surface area contributed by atoms with Gasteiger partial charge in [0.15, 0.2) is 0 Å². The molecule has 1 aliphatic rings. The molecule has 0 amide bonds. The molecule has 1 aromatic carbocycles. The van der Waals surface area contributed by atoms with Crippen LogP contribution >= 0.6 is 15.9 Å². The molecule has 1 aromatic rings. The zero-order valence-electron chi connectivity index (χ0n) is 10.7. The van der Waals surface area contributed by atoms with Crippen LogP contribution in [0, 0.1) is 17.7 Å². The van der Waals surface area contributed by atoms with Crippen molar-refractivity contribution in [2.45, 2.75) is 45.1 Å². The van der Waals surface area contributed by atoms with E-state index in [1.807, 2.05) is 6.07 Å². The Morgan fingerprint density at radius 2 is 2.11 bits per heavy atom. The van der Waals surface area contributed by atoms with Crippen LogP contribution in [0.15, 0.2) is 22.7 Å². The van der Waals surface area contributed by atoms with E-state index in [1.54, 1.807) is 6.07 Å². The molecule has 3 heteroatoms. The van der Waals surface area contributed by atoms with Gasteiger partial charge in [0, 0.05) is 4.47 Å². The highest BCUT2D eigenvalue weighted by Gasteiger charge is 2.28. The fourth-order valence-electron chi connectivity index (χ4n) is 2.97. The van der Waals surface area contributed by atoms with Crippen molar-refractivity contribution in [2.24, 2.45) is 11.8 Å². The van der Waals surface area contributed by atoms with Crippen LogP contribution in [0.3, 0.4) is 0 Å². The first-order valence-electron chi connectivity index (χ1n) is 6.71. The van der Waals surface area contributed by atoms with Crippen molar-refractivity contribution < 1.29 is 9.50 Å². The normalized spacial score (nSPS) is 28.3. The van der Waals surface area contributed by atoms with Crippen LogP contribution in [-0.2, 0) is 6.42 Å². The third-order valence-corrected chi connectivity index (χ3v) is 4.51. The molecule has 1 nitrogen and oxygen atoms in total. The van der Waals surface area contributed by atoms with E-state index in [1.165, 1.54) is 12.5 Å². The molecule has 3 atom stereocenters. The Hall–Kier alpha value is -0.410. The van der Waals surface area contributed by atoms with Crippen molar-refractivity contribution in [1.29, 1.82) is 0 Å². The molecule has 0 aromatic heterocycles. The number of benzene rings is 1. The molecule has 0 spiro atoms. The van der Waals surface area contributed by atoms with E-state index >= 15 is 0 Å². The number of halogens is 2. The summed E-state index contributed by atoms with van der Waals surface area (Å²) in [5, 5.41) is 10.1. The molecule has 2 rings (SSSR count). The lowest BCUT2D eigenvalue weighted by Gasteiger charge is -2.33. The Bertz CT molecular complexity index is 387. The Morgan fingerprint density at radius 1 is 1.33 bits per heavy atom. The lowest BCUT2D eigenvalue weighted by molar-refractivity contribution is 0.0474. The smallest absolute Gasteiger partial charge is 0.124 e. The molecule has 0 bridgehead atoms. The predicted molar refractivity (Wildman–Crippen MR) is 74.9 cm³/mol. The molecule has 1 aliphatic carbocycles. The second-order valence-electron chi connectivity index (χ2n) is 5.40. The third kappa shape index (κ3) is 3.55. The van der Waals surface area contributed by atoms with E-state index < -0.39 is 0 Å². The first-order chi connectivity index (χ1) is 8.58. The van der Waals surface area contributed by atoms with Gasteiger partial charge in [-0.2, -0.15) is 0 Å². The van der Waals surface area contributed by atoms with E-state index in [9.17, 15) is 9.50 Å². The Labute approximate surface area is 117 Å². The minimum absolute atomic E-state index is 0.211. The van der Waals surface area contributed by atoms with E-state index in [2.05, 4.69) is 22.9 Å². The molecule has 0 heterocycles. The van der Waals surface area contributed by atoms with Gasteiger partial charge < -0.3 is 5.11 Å². The Morgan fingerprint density at radius 3 is 2.78 bits per heavy atom. The van der Waals surface area contributed by atoms with Crippen molar-refractivity contribution in [3.8, 4) is 0 Å². The second-order valence-corrected chi connectivity index (χ2v) is 6.31. The van der Waals surface area contributed by atoms with Crippen LogP contribution in [0.1, 0.15) is 38.2 Å². The van der Waals surface area contributed by atoms with Crippen molar-refractivity contribution in [3.05, 3.63) is 34.1 Å². The highest BCUT2D eigenvalue weighted by molar-refractivity contribution is 9.10. The Balaban J connectivity index is 2.06. The zero-order chi connectivity index (χ0) is 13.1. The lowest BCUT2D eigenvalue weighted by atomic mass is 9.76. The van der Waals surface area contributed by atoms with E-state index in [0.717, 1.165) is 41.6 Å². The van der Waals surface area contributed by atoms with Crippen LogP contribution in [0.25, 0.3) is 0 Å². The van der Waals surface area contributed by atoms with Crippen molar-refractivity contribution >= 4 is 15.9 Å². The highest BCUT2D eigenvalue weighted by atomic mass is 79.9. The third-order valence-electron chi connectivity index (χ3n) is 4.05. The summed E-state index contributed by atoms with van der Waals surface area (Å²) in [7, 11) is 0. The lowest BCUT2D eigenvalue weighted by Crippen LogP contribution is -2.30. The van der Waals surface area contributed by atoms with Gasteiger partial charge >= 0.3 is 0 Å². The quantitative estimate of drug-likeness (QED) is 0.881. The average molecular weight is 315 g/mol. The van der Waals surface area contributed by atoms with Crippen molar-refractivity contribution in [3.63, 3.8) is 0 Å². The minimum atomic E-state index is -0.227. The molecule has 1 fully saturated rings. The van der Waals surface area contributed by atoms with Crippen LogP contribution in [-0.4, -0.2) is 11.2 Å². The summed E-state index contributed by atoms with van der Waals surface area (Å²) in [5.74, 6) is 0.782. The summed E-state index contributed by atoms with van der Waals surface area (Å²) in [6, 6.07) is 4.99. The number of hydrogen-bond acceptors (Lipinski definition) is 1. The highest BCUT2D eigenvalue weighted by Crippen LogP contribution is 2.33. The van der Waals surface area contributed by atoms with Gasteiger partial charge in [0.25, 0.3) is 0 Å². The zero-order valence-corrected chi connectivity index (χ0v) is 12.3. The molecule has 100 valence electrons. The number of aliphatic hydroxyl groups is 1. The van der Waals surface area contributed by atoms with Gasteiger partial charge in [-0.15, -0.1) is 0 Å². The SMILES string of the molecule is CCC1CCC(O)C(Cc2cc(F)cc(Br)c2)C1. The summed E-state index contributed by atoms with van der Waals surface area (Å²) in [5.41, 5.74) is 0.975. The van der Waals surface area contributed by atoms with Gasteiger partial charge in [-0.1, -0.05) is 29.3 Å². The predicted octanol–water partition coefficient (Wildman–Crippen LogP) is 4.32. The molecule has 0 saturated heterocycles. The van der Waals surface area contributed by atoms with Gasteiger partial charge in [0.1, 0.15) is 5.82 Å². The van der Waals surface area contributed by atoms with Crippen molar-refractivity contribution in [1.82, 2.24) is 0 Å². The molecule has 18 heavy (non-hydrogen) atoms. The summed E-state index contributed by atoms with van der Waals surface area (Å²) in [4.78, 5) is 0. The maximum Gasteiger partial charge on any atom is 0.124 e. The topological polar surface area (TPSA) is 20.2 Å². The fraction of sp³-hybridized carbons (Fsp3) is 0.600. The van der Waals surface area contributed by atoms with Crippen LogP contribution in [0.5, 0.6) is 0 Å². The molecular formula is C15H20BrFO. The van der Waals surface area contributed by atoms with E-state index in [-0.39, 0.29) is 17.8 Å². The largest absolute Gasteiger partial charge is 0.393 e. The summed E-state index contributed by atoms with van der Waals surface area (Å²) in [6.07, 6.45) is 4.80. The molecule has 1 N–H and O–H groups in total. The van der Waals surface area contributed by atoms with Gasteiger partial charge in [-0.25, -0.2) is 4.39 Å². The average Bonchev–Trinajstić information content (AvgIpc) is 2.30. The monoisotopic (exact) mass is 314 g/mol. The molecular weight excluding hydrogens is 295 g/mol. The van der Waals surface area contributed by atoms with Crippen LogP contribution in [0.4, 0.5) is 4.39 Å². The molecule has 0 aliphatic heterocycles. The number of rotatable bonds is 3. The molecule has 0 radical (unpaired) electrons. The maximum absolute atomic E-state index is 13.3. The molecule has 3 unspecified atom stereocenters. The Kier molecular flexibility index (Phi) is 4.79. The van der Waals surface area contributed by atoms with Crippen molar-refractivity contribution in [2.75, 3.05) is 0 Å². The van der Waals surface area contributed by atoms with Gasteiger partial charge in [0.2, 0.25) is 0 Å².